The number of piperazine rings is 1. The summed E-state index contributed by atoms with van der Waals surface area (Å²) in [5.41, 5.74) is 3.08. The second-order valence-corrected chi connectivity index (χ2v) is 8.86. The van der Waals surface area contributed by atoms with Crippen molar-refractivity contribution >= 4 is 23.8 Å². The Morgan fingerprint density at radius 1 is 0.941 bits per heavy atom. The predicted molar refractivity (Wildman–Crippen MR) is 125 cm³/mol. The highest BCUT2D eigenvalue weighted by atomic mass is 16.2. The van der Waals surface area contributed by atoms with Crippen LogP contribution in [0.4, 0.5) is 4.79 Å². The number of hydrazine groups is 1. The molecule has 2 saturated heterocycles. The maximum absolute atomic E-state index is 12.9. The number of hydrogen-bond donors (Lipinski definition) is 2. The van der Waals surface area contributed by atoms with Gasteiger partial charge in [0.15, 0.2) is 0 Å². The summed E-state index contributed by atoms with van der Waals surface area (Å²) < 4.78 is 0. The molecule has 0 radical (unpaired) electrons. The van der Waals surface area contributed by atoms with E-state index in [0.29, 0.717) is 44.6 Å². The van der Waals surface area contributed by atoms with Crippen LogP contribution in [0, 0.1) is 0 Å². The lowest BCUT2D eigenvalue weighted by molar-refractivity contribution is -0.139. The number of imide groups is 1. The summed E-state index contributed by atoms with van der Waals surface area (Å²) in [5.74, 6) is -0.947. The fourth-order valence-corrected chi connectivity index (χ4v) is 4.23. The number of amides is 5. The Bertz CT molecular complexity index is 1050. The summed E-state index contributed by atoms with van der Waals surface area (Å²) in [6.07, 6.45) is 1.04. The second-order valence-electron chi connectivity index (χ2n) is 8.86. The van der Waals surface area contributed by atoms with Crippen LogP contribution in [-0.4, -0.2) is 76.8 Å². The molecule has 9 heteroatoms. The first-order chi connectivity index (χ1) is 16.4. The van der Waals surface area contributed by atoms with Crippen LogP contribution in [0.2, 0.25) is 0 Å². The number of carbonyl (C=O) groups is 4. The number of nitrogens with zero attached hydrogens (tertiary/aromatic N) is 3. The third-order valence-electron chi connectivity index (χ3n) is 6.30. The van der Waals surface area contributed by atoms with Gasteiger partial charge in [-0.3, -0.25) is 24.7 Å². The molecule has 2 aromatic carbocycles. The van der Waals surface area contributed by atoms with Crippen molar-refractivity contribution in [2.24, 2.45) is 0 Å². The van der Waals surface area contributed by atoms with Gasteiger partial charge in [0.05, 0.1) is 6.54 Å². The molecule has 0 spiro atoms. The molecule has 9 nitrogen and oxygen atoms in total. The number of aryl methyl sites for hydroxylation is 1. The molecule has 0 bridgehead atoms. The highest BCUT2D eigenvalue weighted by Gasteiger charge is 2.48. The molecule has 2 N–H and O–H groups in total. The first kappa shape index (κ1) is 23.4. The molecular weight excluding hydrogens is 434 g/mol. The fourth-order valence-electron chi connectivity index (χ4n) is 4.23. The van der Waals surface area contributed by atoms with Gasteiger partial charge < -0.3 is 10.2 Å². The van der Waals surface area contributed by atoms with E-state index >= 15 is 0 Å². The quantitative estimate of drug-likeness (QED) is 0.605. The highest BCUT2D eigenvalue weighted by Crippen LogP contribution is 2.22. The van der Waals surface area contributed by atoms with Crippen molar-refractivity contribution < 1.29 is 19.2 Å². The summed E-state index contributed by atoms with van der Waals surface area (Å²) in [4.78, 5) is 54.1. The van der Waals surface area contributed by atoms with E-state index in [1.165, 1.54) is 0 Å². The highest BCUT2D eigenvalue weighted by molar-refractivity contribution is 6.07. The maximum Gasteiger partial charge on any atom is 0.344 e. The molecule has 0 aromatic heterocycles. The number of hydrogen-bond acceptors (Lipinski definition) is 5. The Morgan fingerprint density at radius 3 is 2.21 bits per heavy atom. The van der Waals surface area contributed by atoms with E-state index in [-0.39, 0.29) is 12.5 Å². The average Bonchev–Trinajstić information content (AvgIpc) is 3.07. The monoisotopic (exact) mass is 463 g/mol. The summed E-state index contributed by atoms with van der Waals surface area (Å²) in [6.45, 7) is 3.77. The molecule has 2 aliphatic rings. The number of nitrogens with one attached hydrogen (secondary N) is 2. The molecule has 34 heavy (non-hydrogen) atoms. The van der Waals surface area contributed by atoms with Crippen LogP contribution in [0.5, 0.6) is 0 Å². The molecule has 0 aliphatic carbocycles. The van der Waals surface area contributed by atoms with Crippen LogP contribution in [0.25, 0.3) is 0 Å². The number of carbonyl (C=O) groups excluding carboxylic acids is 4. The molecule has 0 unspecified atom stereocenters. The molecule has 5 amide bonds. The third-order valence-corrected chi connectivity index (χ3v) is 6.30. The van der Waals surface area contributed by atoms with Crippen molar-refractivity contribution in [3.8, 4) is 0 Å². The Kier molecular flexibility index (Phi) is 6.93. The lowest BCUT2D eigenvalue weighted by atomic mass is 9.93. The van der Waals surface area contributed by atoms with Crippen molar-refractivity contribution in [3.63, 3.8) is 0 Å². The molecule has 2 aromatic rings. The molecule has 1 atom stereocenters. The summed E-state index contributed by atoms with van der Waals surface area (Å²) in [7, 11) is 0. The van der Waals surface area contributed by atoms with Gasteiger partial charge in [-0.2, -0.15) is 5.01 Å². The van der Waals surface area contributed by atoms with Crippen LogP contribution >= 0.6 is 0 Å². The van der Waals surface area contributed by atoms with Crippen LogP contribution in [-0.2, 0) is 16.0 Å². The summed E-state index contributed by atoms with van der Waals surface area (Å²) in [5, 5.41) is 3.49. The molecule has 178 valence electrons. The van der Waals surface area contributed by atoms with Crippen LogP contribution in [0.3, 0.4) is 0 Å². The molecule has 2 fully saturated rings. The zero-order valence-corrected chi connectivity index (χ0v) is 19.2. The third kappa shape index (κ3) is 5.26. The normalized spacial score (nSPS) is 20.9. The van der Waals surface area contributed by atoms with Crippen molar-refractivity contribution in [2.75, 3.05) is 32.7 Å². The van der Waals surface area contributed by atoms with Gasteiger partial charge in [-0.1, -0.05) is 48.5 Å². The van der Waals surface area contributed by atoms with E-state index in [1.807, 2.05) is 53.4 Å². The maximum atomic E-state index is 12.9. The van der Waals surface area contributed by atoms with Crippen molar-refractivity contribution in [2.45, 2.75) is 25.3 Å². The first-order valence-corrected chi connectivity index (χ1v) is 11.4. The number of benzene rings is 2. The van der Waals surface area contributed by atoms with Gasteiger partial charge in [-0.15, -0.1) is 0 Å². The van der Waals surface area contributed by atoms with Gasteiger partial charge >= 0.3 is 6.03 Å². The molecule has 2 aliphatic heterocycles. The molecule has 4 rings (SSSR count). The van der Waals surface area contributed by atoms with Gasteiger partial charge in [-0.25, -0.2) is 4.79 Å². The largest absolute Gasteiger partial charge is 0.344 e. The standard InChI is InChI=1S/C25H29N5O4/c1-25(13-12-19-8-4-2-5-9-19)23(33)30(24(34)26-25)27-21(31)18-28-14-16-29(17-15-28)22(32)20-10-6-3-7-11-20/h2-11H,12-18H2,1H3,(H,26,34)(H,27,31)/t25-/m0/s1. The Morgan fingerprint density at radius 2 is 1.56 bits per heavy atom. The second kappa shape index (κ2) is 10.0. The predicted octanol–water partition coefficient (Wildman–Crippen LogP) is 1.42. The van der Waals surface area contributed by atoms with Crippen molar-refractivity contribution in [1.82, 2.24) is 25.6 Å². The van der Waals surface area contributed by atoms with Gasteiger partial charge in [0, 0.05) is 31.7 Å². The Hall–Kier alpha value is -3.72. The fraction of sp³-hybridized carbons (Fsp3) is 0.360. The van der Waals surface area contributed by atoms with E-state index in [9.17, 15) is 19.2 Å². The molecule has 2 heterocycles. The minimum absolute atomic E-state index is 0.0289. The van der Waals surface area contributed by atoms with Crippen molar-refractivity contribution in [3.05, 3.63) is 71.8 Å². The number of rotatable bonds is 7. The van der Waals surface area contributed by atoms with Crippen LogP contribution in [0.15, 0.2) is 60.7 Å². The lowest BCUT2D eigenvalue weighted by Crippen LogP contribution is -2.54. The van der Waals surface area contributed by atoms with Gasteiger partial charge in [0.2, 0.25) is 0 Å². The first-order valence-electron chi connectivity index (χ1n) is 11.4. The summed E-state index contributed by atoms with van der Waals surface area (Å²) >= 11 is 0. The minimum atomic E-state index is -1.08. The SMILES string of the molecule is C[C@@]1(CCc2ccccc2)NC(=O)N(NC(=O)CN2CCN(C(=O)c3ccccc3)CC2)C1=O. The zero-order chi connectivity index (χ0) is 24.1. The zero-order valence-electron chi connectivity index (χ0n) is 19.2. The van der Waals surface area contributed by atoms with E-state index in [0.717, 1.165) is 10.6 Å². The average molecular weight is 464 g/mol. The van der Waals surface area contributed by atoms with Crippen molar-refractivity contribution in [1.29, 1.82) is 0 Å². The van der Waals surface area contributed by atoms with E-state index in [1.54, 1.807) is 24.0 Å². The summed E-state index contributed by atoms with van der Waals surface area (Å²) in [6, 6.07) is 18.2. The van der Waals surface area contributed by atoms with Gasteiger partial charge in [0.1, 0.15) is 5.54 Å². The minimum Gasteiger partial charge on any atom is -0.336 e. The van der Waals surface area contributed by atoms with Crippen LogP contribution < -0.4 is 10.7 Å². The topological polar surface area (TPSA) is 102 Å². The Balaban J connectivity index is 1.26. The van der Waals surface area contributed by atoms with Gasteiger partial charge in [0.25, 0.3) is 17.7 Å². The van der Waals surface area contributed by atoms with Gasteiger partial charge in [-0.05, 0) is 37.5 Å². The van der Waals surface area contributed by atoms with E-state index in [2.05, 4.69) is 10.7 Å². The van der Waals surface area contributed by atoms with E-state index in [4.69, 9.17) is 0 Å². The van der Waals surface area contributed by atoms with Crippen LogP contribution in [0.1, 0.15) is 29.3 Å². The number of urea groups is 1. The smallest absolute Gasteiger partial charge is 0.336 e. The van der Waals surface area contributed by atoms with E-state index < -0.39 is 23.4 Å². The molecule has 0 saturated carbocycles. The Labute approximate surface area is 198 Å². The molecular formula is C25H29N5O4. The lowest BCUT2D eigenvalue weighted by Gasteiger charge is -2.34.